The van der Waals surface area contributed by atoms with Crippen molar-refractivity contribution < 1.29 is 36.9 Å². The Morgan fingerprint density at radius 2 is 1.43 bits per heavy atom. The van der Waals surface area contributed by atoms with Crippen molar-refractivity contribution in [3.8, 4) is 33.8 Å². The summed E-state index contributed by atoms with van der Waals surface area (Å²) in [6.45, 7) is 5.69. The second-order valence-corrected chi connectivity index (χ2v) is 9.65. The van der Waals surface area contributed by atoms with Crippen LogP contribution in [0.1, 0.15) is 54.6 Å². The molecule has 0 bridgehead atoms. The third-order valence-corrected chi connectivity index (χ3v) is 6.70. The molecule has 4 aromatic rings. The van der Waals surface area contributed by atoms with E-state index in [4.69, 9.17) is 9.47 Å². The van der Waals surface area contributed by atoms with Crippen molar-refractivity contribution in [3.63, 3.8) is 0 Å². The molecule has 4 aromatic carbocycles. The van der Waals surface area contributed by atoms with E-state index in [1.807, 2.05) is 6.92 Å². The summed E-state index contributed by atoms with van der Waals surface area (Å²) in [7, 11) is 0. The van der Waals surface area contributed by atoms with E-state index in [0.717, 1.165) is 18.6 Å². The van der Waals surface area contributed by atoms with Gasteiger partial charge in [-0.2, -0.15) is 4.39 Å². The number of rotatable bonds is 12. The van der Waals surface area contributed by atoms with Gasteiger partial charge in [0.25, 0.3) is 0 Å². The van der Waals surface area contributed by atoms with Crippen LogP contribution in [0.5, 0.6) is 11.5 Å². The summed E-state index contributed by atoms with van der Waals surface area (Å²) in [5.41, 5.74) is 0.913. The fraction of sp³-hybridized carbons (Fsp3) is 0.206. The van der Waals surface area contributed by atoms with Crippen LogP contribution in [0.15, 0.2) is 85.5 Å². The minimum Gasteiger partial charge on any atom is -0.490 e. The Morgan fingerprint density at radius 1 is 0.833 bits per heavy atom. The molecule has 218 valence electrons. The summed E-state index contributed by atoms with van der Waals surface area (Å²) in [4.78, 5) is 12.5. The molecule has 1 unspecified atom stereocenters. The first-order valence-corrected chi connectivity index (χ1v) is 13.6. The van der Waals surface area contributed by atoms with Gasteiger partial charge in [-0.3, -0.25) is 0 Å². The van der Waals surface area contributed by atoms with Gasteiger partial charge in [-0.25, -0.2) is 18.0 Å². The van der Waals surface area contributed by atoms with Gasteiger partial charge in [-0.15, -0.1) is 6.58 Å². The standard InChI is InChI=1S/C34H30F4O4/c1-3-5-6-20-41-29-19-18-27(32(37)33(29)38)34(40)42-24-14-12-22(13-15-24)26-17-16-25(30(35)31(26)36)21-8-10-23(11-9-21)28(39)7-4-2/h3,8-19,28,39H,1,4-7,20H2,2H3. The van der Waals surface area contributed by atoms with Gasteiger partial charge in [0, 0.05) is 11.1 Å². The molecule has 0 amide bonds. The molecule has 8 heteroatoms. The number of carbonyl (C=O) groups excluding carboxylic acids is 1. The lowest BCUT2D eigenvalue weighted by Crippen LogP contribution is -2.12. The van der Waals surface area contributed by atoms with Crippen LogP contribution in [0.3, 0.4) is 0 Å². The first-order valence-electron chi connectivity index (χ1n) is 13.6. The second-order valence-electron chi connectivity index (χ2n) is 9.65. The maximum Gasteiger partial charge on any atom is 0.346 e. The Bertz CT molecular complexity index is 1550. The van der Waals surface area contributed by atoms with Crippen LogP contribution < -0.4 is 9.47 Å². The number of allylic oxidation sites excluding steroid dienone is 1. The third-order valence-electron chi connectivity index (χ3n) is 6.70. The van der Waals surface area contributed by atoms with Crippen molar-refractivity contribution in [3.05, 3.63) is 120 Å². The van der Waals surface area contributed by atoms with Crippen LogP contribution in [-0.4, -0.2) is 17.7 Å². The molecule has 0 aromatic heterocycles. The predicted octanol–water partition coefficient (Wildman–Crippen LogP) is 8.97. The molecule has 0 aliphatic heterocycles. The summed E-state index contributed by atoms with van der Waals surface area (Å²) in [6.07, 6.45) is 3.70. The van der Waals surface area contributed by atoms with E-state index in [0.29, 0.717) is 36.0 Å². The largest absolute Gasteiger partial charge is 0.490 e. The van der Waals surface area contributed by atoms with Crippen LogP contribution in [0.2, 0.25) is 0 Å². The Morgan fingerprint density at radius 3 is 2.00 bits per heavy atom. The minimum absolute atomic E-state index is 0.00356. The van der Waals surface area contributed by atoms with Crippen LogP contribution >= 0.6 is 0 Å². The summed E-state index contributed by atoms with van der Waals surface area (Å²) < 4.78 is 69.5. The Labute approximate surface area is 241 Å². The molecule has 0 saturated heterocycles. The van der Waals surface area contributed by atoms with E-state index >= 15 is 8.78 Å². The lowest BCUT2D eigenvalue weighted by molar-refractivity contribution is 0.0728. The van der Waals surface area contributed by atoms with Crippen LogP contribution in [-0.2, 0) is 0 Å². The molecular formula is C34H30F4O4. The molecule has 0 aliphatic rings. The number of ether oxygens (including phenoxy) is 2. The highest BCUT2D eigenvalue weighted by Gasteiger charge is 2.22. The fourth-order valence-corrected chi connectivity index (χ4v) is 4.40. The molecule has 0 saturated carbocycles. The monoisotopic (exact) mass is 578 g/mol. The SMILES string of the molecule is C=CCCCOc1ccc(C(=O)Oc2ccc(-c3ccc(-c4ccc(C(O)CCC)cc4)c(F)c3F)cc2)c(F)c1F. The average Bonchev–Trinajstić information content (AvgIpc) is 2.99. The first kappa shape index (κ1) is 30.5. The zero-order valence-electron chi connectivity index (χ0n) is 23.0. The Hall–Kier alpha value is -4.43. The number of benzene rings is 4. The van der Waals surface area contributed by atoms with Crippen molar-refractivity contribution >= 4 is 5.97 Å². The number of halogens is 4. The molecule has 0 fully saturated rings. The fourth-order valence-electron chi connectivity index (χ4n) is 4.40. The van der Waals surface area contributed by atoms with Crippen molar-refractivity contribution in [2.75, 3.05) is 6.61 Å². The minimum atomic E-state index is -1.40. The quantitative estimate of drug-likeness (QED) is 0.0599. The topological polar surface area (TPSA) is 55.8 Å². The van der Waals surface area contributed by atoms with E-state index in [1.54, 1.807) is 30.3 Å². The average molecular weight is 579 g/mol. The maximum absolute atomic E-state index is 15.1. The second kappa shape index (κ2) is 14.0. The van der Waals surface area contributed by atoms with Crippen LogP contribution in [0.4, 0.5) is 17.6 Å². The molecular weight excluding hydrogens is 548 g/mol. The first-order chi connectivity index (χ1) is 20.2. The van der Waals surface area contributed by atoms with E-state index in [1.165, 1.54) is 36.4 Å². The highest BCUT2D eigenvalue weighted by atomic mass is 19.2. The molecule has 4 rings (SSSR count). The molecule has 1 N–H and O–H groups in total. The highest BCUT2D eigenvalue weighted by Crippen LogP contribution is 2.33. The molecule has 0 heterocycles. The van der Waals surface area contributed by atoms with Gasteiger partial charge in [0.2, 0.25) is 5.82 Å². The molecule has 0 aliphatic carbocycles. The van der Waals surface area contributed by atoms with Gasteiger partial charge >= 0.3 is 5.97 Å². The summed E-state index contributed by atoms with van der Waals surface area (Å²) in [5, 5.41) is 10.1. The summed E-state index contributed by atoms with van der Waals surface area (Å²) in [6, 6.07) is 17.3. The number of hydrogen-bond acceptors (Lipinski definition) is 4. The van der Waals surface area contributed by atoms with E-state index < -0.39 is 40.9 Å². The number of aliphatic hydroxyl groups excluding tert-OH is 1. The van der Waals surface area contributed by atoms with Crippen molar-refractivity contribution in [2.45, 2.75) is 38.7 Å². The number of carbonyl (C=O) groups is 1. The Balaban J connectivity index is 1.46. The van der Waals surface area contributed by atoms with Crippen molar-refractivity contribution in [2.24, 2.45) is 0 Å². The predicted molar refractivity (Wildman–Crippen MR) is 153 cm³/mol. The van der Waals surface area contributed by atoms with Gasteiger partial charge in [-0.05, 0) is 60.2 Å². The smallest absolute Gasteiger partial charge is 0.346 e. The summed E-state index contributed by atoms with van der Waals surface area (Å²) in [5.74, 6) is -6.25. The third kappa shape index (κ3) is 6.89. The number of unbranched alkanes of at least 4 members (excludes halogenated alkanes) is 1. The Kier molecular flexibility index (Phi) is 10.1. The van der Waals surface area contributed by atoms with Gasteiger partial charge in [0.15, 0.2) is 23.2 Å². The van der Waals surface area contributed by atoms with Crippen molar-refractivity contribution in [1.82, 2.24) is 0 Å². The molecule has 1 atom stereocenters. The van der Waals surface area contributed by atoms with Gasteiger partial charge in [0.1, 0.15) is 5.75 Å². The van der Waals surface area contributed by atoms with E-state index in [-0.39, 0.29) is 29.2 Å². The molecule has 42 heavy (non-hydrogen) atoms. The van der Waals surface area contributed by atoms with Gasteiger partial charge in [-0.1, -0.05) is 68.0 Å². The molecule has 0 radical (unpaired) electrons. The zero-order chi connectivity index (χ0) is 30.2. The lowest BCUT2D eigenvalue weighted by atomic mass is 9.97. The lowest BCUT2D eigenvalue weighted by Gasteiger charge is -2.12. The molecule has 4 nitrogen and oxygen atoms in total. The molecule has 0 spiro atoms. The van der Waals surface area contributed by atoms with Crippen LogP contribution in [0, 0.1) is 23.3 Å². The normalized spacial score (nSPS) is 11.7. The summed E-state index contributed by atoms with van der Waals surface area (Å²) >= 11 is 0. The van der Waals surface area contributed by atoms with Crippen LogP contribution in [0.25, 0.3) is 22.3 Å². The van der Waals surface area contributed by atoms with E-state index in [2.05, 4.69) is 6.58 Å². The zero-order valence-corrected chi connectivity index (χ0v) is 23.0. The van der Waals surface area contributed by atoms with Crippen molar-refractivity contribution in [1.29, 1.82) is 0 Å². The number of esters is 1. The maximum atomic E-state index is 15.1. The number of aliphatic hydroxyl groups is 1. The number of hydrogen-bond donors (Lipinski definition) is 1. The van der Waals surface area contributed by atoms with Gasteiger partial charge < -0.3 is 14.6 Å². The highest BCUT2D eigenvalue weighted by molar-refractivity contribution is 5.91. The van der Waals surface area contributed by atoms with Gasteiger partial charge in [0.05, 0.1) is 18.3 Å². The van der Waals surface area contributed by atoms with E-state index in [9.17, 15) is 18.7 Å².